The smallest absolute Gasteiger partial charge is 0.223 e. The molecule has 1 aliphatic rings. The Labute approximate surface area is 155 Å². The highest BCUT2D eigenvalue weighted by Gasteiger charge is 2.31. The summed E-state index contributed by atoms with van der Waals surface area (Å²) in [6.07, 6.45) is 1.88. The van der Waals surface area contributed by atoms with Crippen molar-refractivity contribution < 1.29 is 17.6 Å². The van der Waals surface area contributed by atoms with E-state index in [0.29, 0.717) is 32.5 Å². The number of hydrogen-bond acceptors (Lipinski definition) is 4. The van der Waals surface area contributed by atoms with Crippen LogP contribution in [0.4, 0.5) is 4.39 Å². The van der Waals surface area contributed by atoms with Crippen molar-refractivity contribution in [3.05, 3.63) is 35.6 Å². The molecule has 26 heavy (non-hydrogen) atoms. The maximum atomic E-state index is 13.7. The number of carbonyl (C=O) groups is 1. The van der Waals surface area contributed by atoms with Crippen LogP contribution < -0.4 is 5.32 Å². The highest BCUT2D eigenvalue weighted by Crippen LogP contribution is 2.22. The lowest BCUT2D eigenvalue weighted by Crippen LogP contribution is -2.43. The molecule has 0 radical (unpaired) electrons. The Kier molecular flexibility index (Phi) is 7.55. The fourth-order valence-electron chi connectivity index (χ4n) is 3.05. The first-order valence-electron chi connectivity index (χ1n) is 8.93. The third kappa shape index (κ3) is 6.03. The van der Waals surface area contributed by atoms with Gasteiger partial charge in [0.2, 0.25) is 15.9 Å². The van der Waals surface area contributed by atoms with Crippen LogP contribution in [0, 0.1) is 11.7 Å². The van der Waals surface area contributed by atoms with Crippen LogP contribution in [0.2, 0.25) is 0 Å². The predicted molar refractivity (Wildman–Crippen MR) is 99.5 cm³/mol. The van der Waals surface area contributed by atoms with Gasteiger partial charge in [0.15, 0.2) is 0 Å². The Morgan fingerprint density at radius 3 is 2.54 bits per heavy atom. The molecule has 0 saturated carbocycles. The summed E-state index contributed by atoms with van der Waals surface area (Å²) in [5, 5.41) is 2.93. The van der Waals surface area contributed by atoms with Crippen molar-refractivity contribution in [1.82, 2.24) is 14.5 Å². The number of rotatable bonds is 8. The standard InChI is InChI=1S/C18H28FN3O3S/c1-21(2)11-5-10-20-18(23)15-8-12-22(13-9-15)26(24,25)14-16-6-3-4-7-17(16)19/h3-4,6-7,15H,5,8-14H2,1-2H3,(H,20,23). The first-order valence-corrected chi connectivity index (χ1v) is 10.5. The van der Waals surface area contributed by atoms with E-state index in [1.54, 1.807) is 6.07 Å². The summed E-state index contributed by atoms with van der Waals surface area (Å²) >= 11 is 0. The largest absolute Gasteiger partial charge is 0.356 e. The van der Waals surface area contributed by atoms with E-state index in [4.69, 9.17) is 0 Å². The van der Waals surface area contributed by atoms with Gasteiger partial charge in [0.05, 0.1) is 5.75 Å². The number of nitrogens with zero attached hydrogens (tertiary/aromatic N) is 2. The van der Waals surface area contributed by atoms with Gasteiger partial charge in [0, 0.05) is 31.1 Å². The summed E-state index contributed by atoms with van der Waals surface area (Å²) in [5.41, 5.74) is 0.174. The van der Waals surface area contributed by atoms with Crippen LogP contribution in [0.25, 0.3) is 0 Å². The highest BCUT2D eigenvalue weighted by atomic mass is 32.2. The number of hydrogen-bond donors (Lipinski definition) is 1. The molecule has 6 nitrogen and oxygen atoms in total. The number of sulfonamides is 1. The van der Waals surface area contributed by atoms with Crippen molar-refractivity contribution in [1.29, 1.82) is 0 Å². The zero-order valence-electron chi connectivity index (χ0n) is 15.4. The molecule has 0 atom stereocenters. The minimum atomic E-state index is -3.58. The monoisotopic (exact) mass is 385 g/mol. The summed E-state index contributed by atoms with van der Waals surface area (Å²) in [7, 11) is 0.388. The lowest BCUT2D eigenvalue weighted by atomic mass is 9.97. The normalized spacial score (nSPS) is 16.8. The second-order valence-electron chi connectivity index (χ2n) is 6.97. The van der Waals surface area contributed by atoms with E-state index in [2.05, 4.69) is 10.2 Å². The van der Waals surface area contributed by atoms with Crippen molar-refractivity contribution in [3.63, 3.8) is 0 Å². The van der Waals surface area contributed by atoms with Gasteiger partial charge >= 0.3 is 0 Å². The third-order valence-electron chi connectivity index (χ3n) is 4.60. The molecule has 0 aliphatic carbocycles. The van der Waals surface area contributed by atoms with Gasteiger partial charge in [-0.2, -0.15) is 0 Å². The van der Waals surface area contributed by atoms with Crippen LogP contribution in [-0.4, -0.2) is 63.8 Å². The van der Waals surface area contributed by atoms with E-state index in [1.807, 2.05) is 14.1 Å². The molecule has 2 rings (SSSR count). The number of amides is 1. The Bertz CT molecular complexity index is 701. The van der Waals surface area contributed by atoms with E-state index in [1.165, 1.54) is 22.5 Å². The molecule has 1 aliphatic heterocycles. The molecule has 1 N–H and O–H groups in total. The third-order valence-corrected chi connectivity index (χ3v) is 6.42. The Hall–Kier alpha value is -1.51. The Morgan fingerprint density at radius 2 is 1.92 bits per heavy atom. The fraction of sp³-hybridized carbons (Fsp3) is 0.611. The molecule has 1 saturated heterocycles. The van der Waals surface area contributed by atoms with Crippen LogP contribution >= 0.6 is 0 Å². The molecule has 8 heteroatoms. The average Bonchev–Trinajstić information content (AvgIpc) is 2.60. The molecule has 0 spiro atoms. The van der Waals surface area contributed by atoms with Crippen LogP contribution in [0.1, 0.15) is 24.8 Å². The van der Waals surface area contributed by atoms with Gasteiger partial charge in [-0.15, -0.1) is 0 Å². The summed E-state index contributed by atoms with van der Waals surface area (Å²) in [5.74, 6) is -1.02. The molecule has 0 bridgehead atoms. The number of carbonyl (C=O) groups excluding carboxylic acids is 1. The Morgan fingerprint density at radius 1 is 1.27 bits per heavy atom. The molecular formula is C18H28FN3O3S. The maximum Gasteiger partial charge on any atom is 0.223 e. The molecule has 1 heterocycles. The fourth-order valence-corrected chi connectivity index (χ4v) is 4.63. The van der Waals surface area contributed by atoms with E-state index in [9.17, 15) is 17.6 Å². The molecule has 146 valence electrons. The summed E-state index contributed by atoms with van der Waals surface area (Å²) in [4.78, 5) is 14.3. The van der Waals surface area contributed by atoms with Crippen LogP contribution in [0.15, 0.2) is 24.3 Å². The summed E-state index contributed by atoms with van der Waals surface area (Å²) in [6.45, 7) is 2.13. The van der Waals surface area contributed by atoms with E-state index in [-0.39, 0.29) is 23.1 Å². The van der Waals surface area contributed by atoms with Gasteiger partial charge in [-0.05, 0) is 46.0 Å². The van der Waals surface area contributed by atoms with E-state index < -0.39 is 15.8 Å². The van der Waals surface area contributed by atoms with Gasteiger partial charge < -0.3 is 10.2 Å². The number of piperidine rings is 1. The van der Waals surface area contributed by atoms with E-state index >= 15 is 0 Å². The van der Waals surface area contributed by atoms with Crippen LogP contribution in [-0.2, 0) is 20.6 Å². The van der Waals surface area contributed by atoms with Crippen molar-refractivity contribution in [2.24, 2.45) is 5.92 Å². The lowest BCUT2D eigenvalue weighted by molar-refractivity contribution is -0.126. The molecule has 0 aromatic heterocycles. The maximum absolute atomic E-state index is 13.7. The zero-order valence-corrected chi connectivity index (χ0v) is 16.3. The number of halogens is 1. The zero-order chi connectivity index (χ0) is 19.2. The molecule has 1 aromatic carbocycles. The van der Waals surface area contributed by atoms with Crippen molar-refractivity contribution in [2.75, 3.05) is 40.3 Å². The molecule has 1 fully saturated rings. The van der Waals surface area contributed by atoms with Crippen LogP contribution in [0.3, 0.4) is 0 Å². The quantitative estimate of drug-likeness (QED) is 0.688. The van der Waals surface area contributed by atoms with Gasteiger partial charge in [0.1, 0.15) is 5.82 Å². The minimum Gasteiger partial charge on any atom is -0.356 e. The average molecular weight is 386 g/mol. The van der Waals surface area contributed by atoms with Crippen molar-refractivity contribution in [3.8, 4) is 0 Å². The molecule has 1 aromatic rings. The van der Waals surface area contributed by atoms with Crippen LogP contribution in [0.5, 0.6) is 0 Å². The van der Waals surface area contributed by atoms with Gasteiger partial charge in [-0.3, -0.25) is 4.79 Å². The summed E-state index contributed by atoms with van der Waals surface area (Å²) < 4.78 is 40.1. The second kappa shape index (κ2) is 9.43. The predicted octanol–water partition coefficient (Wildman–Crippen LogP) is 1.44. The van der Waals surface area contributed by atoms with Crippen molar-refractivity contribution >= 4 is 15.9 Å². The van der Waals surface area contributed by atoms with E-state index in [0.717, 1.165) is 13.0 Å². The van der Waals surface area contributed by atoms with Crippen molar-refractivity contribution in [2.45, 2.75) is 25.0 Å². The van der Waals surface area contributed by atoms with Gasteiger partial charge in [-0.1, -0.05) is 18.2 Å². The highest BCUT2D eigenvalue weighted by molar-refractivity contribution is 7.88. The number of nitrogens with one attached hydrogen (secondary N) is 1. The molecular weight excluding hydrogens is 357 g/mol. The lowest BCUT2D eigenvalue weighted by Gasteiger charge is -2.30. The van der Waals surface area contributed by atoms with Gasteiger partial charge in [-0.25, -0.2) is 17.1 Å². The number of benzene rings is 1. The summed E-state index contributed by atoms with van der Waals surface area (Å²) in [6, 6.07) is 5.91. The first kappa shape index (κ1) is 20.8. The molecule has 1 amide bonds. The minimum absolute atomic E-state index is 0.00471. The second-order valence-corrected chi connectivity index (χ2v) is 8.94. The van der Waals surface area contributed by atoms with Gasteiger partial charge in [0.25, 0.3) is 0 Å². The topological polar surface area (TPSA) is 69.7 Å². The Balaban J connectivity index is 1.81. The molecule has 0 unspecified atom stereocenters. The SMILES string of the molecule is CN(C)CCCNC(=O)C1CCN(S(=O)(=O)Cc2ccccc2F)CC1. The first-order chi connectivity index (χ1) is 12.3.